The highest BCUT2D eigenvalue weighted by Crippen LogP contribution is 2.41. The first kappa shape index (κ1) is 20.8. The number of methoxy groups -OCH3 is 1. The van der Waals surface area contributed by atoms with Gasteiger partial charge in [-0.2, -0.15) is 0 Å². The van der Waals surface area contributed by atoms with Crippen LogP contribution in [-0.4, -0.2) is 23.0 Å². The molecule has 1 aromatic heterocycles. The Bertz CT molecular complexity index is 1460. The molecular formula is C27H23NO5. The fourth-order valence-corrected chi connectivity index (χ4v) is 4.67. The first-order valence-electron chi connectivity index (χ1n) is 10.7. The molecule has 1 N–H and O–H groups in total. The highest BCUT2D eigenvalue weighted by molar-refractivity contribution is 5.99. The Balaban J connectivity index is 1.77. The van der Waals surface area contributed by atoms with Crippen molar-refractivity contribution in [1.29, 1.82) is 0 Å². The van der Waals surface area contributed by atoms with Crippen LogP contribution in [0.25, 0.3) is 11.0 Å². The number of phenolic OH excluding ortho intramolecular Hbond substituents is 1. The first-order chi connectivity index (χ1) is 15.9. The second-order valence-electron chi connectivity index (χ2n) is 8.38. The lowest BCUT2D eigenvalue weighted by molar-refractivity contribution is 0.0714. The van der Waals surface area contributed by atoms with Gasteiger partial charge in [-0.15, -0.1) is 0 Å². The Morgan fingerprint density at radius 3 is 2.52 bits per heavy atom. The Hall–Kier alpha value is -4.06. The number of phenols is 1. The van der Waals surface area contributed by atoms with E-state index in [2.05, 4.69) is 0 Å². The molecule has 0 aliphatic carbocycles. The van der Waals surface area contributed by atoms with E-state index in [1.54, 1.807) is 23.1 Å². The monoisotopic (exact) mass is 441 g/mol. The topological polar surface area (TPSA) is 80.0 Å². The summed E-state index contributed by atoms with van der Waals surface area (Å²) in [7, 11) is 1.46. The molecule has 166 valence electrons. The quantitative estimate of drug-likeness (QED) is 0.489. The molecule has 0 fully saturated rings. The summed E-state index contributed by atoms with van der Waals surface area (Å²) in [6.07, 6.45) is 0. The highest BCUT2D eigenvalue weighted by Gasteiger charge is 2.43. The van der Waals surface area contributed by atoms with Gasteiger partial charge in [0.05, 0.1) is 24.1 Å². The molecule has 5 rings (SSSR count). The molecule has 2 heterocycles. The van der Waals surface area contributed by atoms with Crippen molar-refractivity contribution < 1.29 is 19.1 Å². The van der Waals surface area contributed by atoms with Crippen LogP contribution in [0.1, 0.15) is 44.4 Å². The average Bonchev–Trinajstić information content (AvgIpc) is 3.06. The zero-order chi connectivity index (χ0) is 23.3. The van der Waals surface area contributed by atoms with E-state index in [0.29, 0.717) is 28.6 Å². The molecule has 4 aromatic rings. The Kier molecular flexibility index (Phi) is 4.93. The SMILES string of the molecule is COc1cc(C2c3c(oc4cc(C)cc(C)c4c3=O)C(=O)N2Cc2ccccc2)ccc1O. The molecule has 1 amide bonds. The largest absolute Gasteiger partial charge is 0.504 e. The highest BCUT2D eigenvalue weighted by atomic mass is 16.5. The van der Waals surface area contributed by atoms with Gasteiger partial charge in [-0.3, -0.25) is 9.59 Å². The maximum Gasteiger partial charge on any atom is 0.291 e. The van der Waals surface area contributed by atoms with Crippen LogP contribution in [-0.2, 0) is 6.54 Å². The molecule has 6 nitrogen and oxygen atoms in total. The van der Waals surface area contributed by atoms with E-state index >= 15 is 0 Å². The number of hydrogen-bond donors (Lipinski definition) is 1. The Morgan fingerprint density at radius 1 is 1.03 bits per heavy atom. The van der Waals surface area contributed by atoms with E-state index < -0.39 is 6.04 Å². The lowest BCUT2D eigenvalue weighted by Gasteiger charge is -2.25. The third-order valence-electron chi connectivity index (χ3n) is 6.13. The van der Waals surface area contributed by atoms with Gasteiger partial charge in [0.1, 0.15) is 5.58 Å². The van der Waals surface area contributed by atoms with E-state index in [9.17, 15) is 14.7 Å². The lowest BCUT2D eigenvalue weighted by atomic mass is 9.96. The molecule has 0 radical (unpaired) electrons. The van der Waals surface area contributed by atoms with Gasteiger partial charge in [-0.1, -0.05) is 42.5 Å². The van der Waals surface area contributed by atoms with Crippen LogP contribution in [0.2, 0.25) is 0 Å². The van der Waals surface area contributed by atoms with Crippen molar-refractivity contribution in [3.05, 3.63) is 104 Å². The number of benzene rings is 3. The van der Waals surface area contributed by atoms with Crippen molar-refractivity contribution in [1.82, 2.24) is 4.90 Å². The first-order valence-corrected chi connectivity index (χ1v) is 10.7. The van der Waals surface area contributed by atoms with Crippen molar-refractivity contribution in [3.8, 4) is 11.5 Å². The second-order valence-corrected chi connectivity index (χ2v) is 8.38. The summed E-state index contributed by atoms with van der Waals surface area (Å²) in [5.41, 5.74) is 3.84. The fraction of sp³-hybridized carbons (Fsp3) is 0.185. The summed E-state index contributed by atoms with van der Waals surface area (Å²) in [6, 6.07) is 17.5. The number of rotatable bonds is 4. The summed E-state index contributed by atoms with van der Waals surface area (Å²) in [4.78, 5) is 29.0. The summed E-state index contributed by atoms with van der Waals surface area (Å²) in [6.45, 7) is 4.09. The number of carbonyl (C=O) groups is 1. The third kappa shape index (κ3) is 3.35. The molecular weight excluding hydrogens is 418 g/mol. The minimum absolute atomic E-state index is 0.0164. The van der Waals surface area contributed by atoms with Crippen LogP contribution in [0, 0.1) is 13.8 Å². The summed E-state index contributed by atoms with van der Waals surface area (Å²) in [5, 5.41) is 10.6. The normalized spacial score (nSPS) is 15.2. The Morgan fingerprint density at radius 2 is 1.79 bits per heavy atom. The number of nitrogens with zero attached hydrogens (tertiary/aromatic N) is 1. The van der Waals surface area contributed by atoms with E-state index in [4.69, 9.17) is 9.15 Å². The van der Waals surface area contributed by atoms with E-state index in [0.717, 1.165) is 16.7 Å². The van der Waals surface area contributed by atoms with E-state index in [1.807, 2.05) is 50.2 Å². The molecule has 1 atom stereocenters. The van der Waals surface area contributed by atoms with Crippen molar-refractivity contribution >= 4 is 16.9 Å². The van der Waals surface area contributed by atoms with Crippen LogP contribution in [0.4, 0.5) is 0 Å². The minimum Gasteiger partial charge on any atom is -0.504 e. The maximum atomic E-state index is 13.8. The number of fused-ring (bicyclic) bond motifs is 2. The van der Waals surface area contributed by atoms with Crippen LogP contribution in [0.3, 0.4) is 0 Å². The van der Waals surface area contributed by atoms with E-state index in [1.165, 1.54) is 13.2 Å². The molecule has 0 bridgehead atoms. The molecule has 33 heavy (non-hydrogen) atoms. The van der Waals surface area contributed by atoms with Gasteiger partial charge in [0.2, 0.25) is 5.76 Å². The summed E-state index contributed by atoms with van der Waals surface area (Å²) in [5.74, 6) is -0.0307. The van der Waals surface area contributed by atoms with Gasteiger partial charge in [0.15, 0.2) is 16.9 Å². The number of carbonyl (C=O) groups excluding carboxylic acids is 1. The summed E-state index contributed by atoms with van der Waals surface area (Å²) >= 11 is 0. The van der Waals surface area contributed by atoms with Crippen LogP contribution in [0.15, 0.2) is 69.9 Å². The van der Waals surface area contributed by atoms with Crippen LogP contribution in [0.5, 0.6) is 11.5 Å². The molecule has 0 spiro atoms. The van der Waals surface area contributed by atoms with Gasteiger partial charge < -0.3 is 19.2 Å². The van der Waals surface area contributed by atoms with E-state index in [-0.39, 0.29) is 28.6 Å². The molecule has 1 aliphatic rings. The zero-order valence-electron chi connectivity index (χ0n) is 18.6. The van der Waals surface area contributed by atoms with Crippen molar-refractivity contribution in [3.63, 3.8) is 0 Å². The van der Waals surface area contributed by atoms with Crippen LogP contribution >= 0.6 is 0 Å². The number of ether oxygens (including phenoxy) is 1. The van der Waals surface area contributed by atoms with Crippen molar-refractivity contribution in [2.24, 2.45) is 0 Å². The lowest BCUT2D eigenvalue weighted by Crippen LogP contribution is -2.29. The van der Waals surface area contributed by atoms with Gasteiger partial charge >= 0.3 is 0 Å². The number of hydrogen-bond acceptors (Lipinski definition) is 5. The third-order valence-corrected chi connectivity index (χ3v) is 6.13. The molecule has 0 saturated heterocycles. The van der Waals surface area contributed by atoms with Gasteiger partial charge in [-0.25, -0.2) is 0 Å². The second kappa shape index (κ2) is 7.81. The average molecular weight is 441 g/mol. The Labute approximate surface area is 190 Å². The van der Waals surface area contributed by atoms with Gasteiger partial charge in [0.25, 0.3) is 5.91 Å². The molecule has 6 heteroatoms. The zero-order valence-corrected chi connectivity index (χ0v) is 18.6. The smallest absolute Gasteiger partial charge is 0.291 e. The molecule has 0 saturated carbocycles. The molecule has 3 aromatic carbocycles. The number of aryl methyl sites for hydroxylation is 2. The number of amides is 1. The fourth-order valence-electron chi connectivity index (χ4n) is 4.67. The van der Waals surface area contributed by atoms with Gasteiger partial charge in [-0.05, 0) is 54.3 Å². The maximum absolute atomic E-state index is 13.8. The minimum atomic E-state index is -0.677. The van der Waals surface area contributed by atoms with Crippen molar-refractivity contribution in [2.45, 2.75) is 26.4 Å². The van der Waals surface area contributed by atoms with Gasteiger partial charge in [0, 0.05) is 6.54 Å². The predicted octanol–water partition coefficient (Wildman–Crippen LogP) is 4.87. The molecule has 1 aliphatic heterocycles. The number of aromatic hydroxyl groups is 1. The van der Waals surface area contributed by atoms with Crippen molar-refractivity contribution in [2.75, 3.05) is 7.11 Å². The summed E-state index contributed by atoms with van der Waals surface area (Å²) < 4.78 is 11.4. The molecule has 1 unspecified atom stereocenters. The standard InChI is InChI=1S/C27H23NO5/c1-15-11-16(2)22-21(12-15)33-26-23(25(22)30)24(18-9-10-19(29)20(13-18)32-3)28(27(26)31)14-17-7-5-4-6-8-17/h4-13,24,29H,14H2,1-3H3. The van der Waals surface area contributed by atoms with Crippen LogP contribution < -0.4 is 10.2 Å². The predicted molar refractivity (Wildman–Crippen MR) is 125 cm³/mol.